The lowest BCUT2D eigenvalue weighted by Crippen LogP contribution is -2.39. The van der Waals surface area contributed by atoms with E-state index < -0.39 is 0 Å². The van der Waals surface area contributed by atoms with Crippen LogP contribution in [-0.4, -0.2) is 54.0 Å². The van der Waals surface area contributed by atoms with Crippen molar-refractivity contribution in [1.29, 1.82) is 0 Å². The number of nitrogens with zero attached hydrogens (tertiary/aromatic N) is 3. The van der Waals surface area contributed by atoms with Gasteiger partial charge in [-0.3, -0.25) is 4.90 Å². The Kier molecular flexibility index (Phi) is 7.54. The summed E-state index contributed by atoms with van der Waals surface area (Å²) in [5.41, 5.74) is 13.9. The lowest BCUT2D eigenvalue weighted by molar-refractivity contribution is 0.145. The highest BCUT2D eigenvalue weighted by Crippen LogP contribution is 2.44. The first kappa shape index (κ1) is 22.9. The van der Waals surface area contributed by atoms with Gasteiger partial charge in [-0.05, 0) is 43.6 Å². The molecule has 0 saturated carbocycles. The number of nitrogens with one attached hydrogen (secondary N) is 1. The molecule has 8 nitrogen and oxygen atoms in total. The van der Waals surface area contributed by atoms with E-state index in [2.05, 4.69) is 39.2 Å². The van der Waals surface area contributed by atoms with Crippen molar-refractivity contribution >= 4 is 35.2 Å². The number of rotatable bonds is 10. The van der Waals surface area contributed by atoms with Gasteiger partial charge in [0, 0.05) is 29.0 Å². The third kappa shape index (κ3) is 5.54. The summed E-state index contributed by atoms with van der Waals surface area (Å²) < 4.78 is 11.6. The zero-order valence-corrected chi connectivity index (χ0v) is 20.1. The fourth-order valence-corrected chi connectivity index (χ4v) is 5.74. The minimum absolute atomic E-state index is 0.121. The molecule has 0 radical (unpaired) electrons. The fraction of sp³-hybridized carbons (Fsp3) is 0.455. The number of likely N-dealkylation sites (tertiary alicyclic amines) is 1. The molecule has 5 N–H and O–H groups in total. The third-order valence-corrected chi connectivity index (χ3v) is 7.74. The summed E-state index contributed by atoms with van der Waals surface area (Å²) in [7, 11) is 1.68. The fourth-order valence-electron chi connectivity index (χ4n) is 3.57. The van der Waals surface area contributed by atoms with Gasteiger partial charge in [0.2, 0.25) is 0 Å². The van der Waals surface area contributed by atoms with E-state index in [-0.39, 0.29) is 5.37 Å². The zero-order valence-electron chi connectivity index (χ0n) is 18.5. The molecule has 32 heavy (non-hydrogen) atoms. The molecule has 1 unspecified atom stereocenters. The first-order valence-electron chi connectivity index (χ1n) is 10.8. The number of nitrogen functional groups attached to an aromatic ring is 2. The molecule has 1 atom stereocenters. The van der Waals surface area contributed by atoms with Gasteiger partial charge in [0.05, 0.1) is 7.11 Å². The lowest BCUT2D eigenvalue weighted by atomic mass is 10.2. The van der Waals surface area contributed by atoms with Crippen LogP contribution in [0, 0.1) is 0 Å². The average molecular weight is 475 g/mol. The highest BCUT2D eigenvalue weighted by atomic mass is 32.2. The molecule has 1 aromatic heterocycles. The molecule has 0 amide bonds. The highest BCUT2D eigenvalue weighted by molar-refractivity contribution is 8.03. The number of nitrogens with two attached hydrogens (primary N) is 2. The topological polar surface area (TPSA) is 112 Å². The van der Waals surface area contributed by atoms with E-state index in [0.29, 0.717) is 23.4 Å². The number of thioether (sulfide) groups is 2. The molecule has 1 fully saturated rings. The minimum Gasteiger partial charge on any atom is -0.493 e. The van der Waals surface area contributed by atoms with E-state index >= 15 is 0 Å². The average Bonchev–Trinajstić information content (AvgIpc) is 3.16. The van der Waals surface area contributed by atoms with Crippen molar-refractivity contribution in [1.82, 2.24) is 20.2 Å². The number of anilines is 2. The maximum Gasteiger partial charge on any atom is 0.191 e. The van der Waals surface area contributed by atoms with Crippen LogP contribution in [0.5, 0.6) is 11.5 Å². The Labute approximate surface area is 197 Å². The van der Waals surface area contributed by atoms with Crippen LogP contribution < -0.4 is 26.3 Å². The summed E-state index contributed by atoms with van der Waals surface area (Å²) in [6, 6.07) is 7.73. The molecule has 0 bridgehead atoms. The first-order chi connectivity index (χ1) is 15.6. The lowest BCUT2D eigenvalue weighted by Gasteiger charge is -2.30. The summed E-state index contributed by atoms with van der Waals surface area (Å²) in [6.45, 7) is 6.12. The van der Waals surface area contributed by atoms with E-state index in [1.807, 2.05) is 17.8 Å². The Bertz CT molecular complexity index is 963. The van der Waals surface area contributed by atoms with Gasteiger partial charge < -0.3 is 26.3 Å². The molecule has 172 valence electrons. The largest absolute Gasteiger partial charge is 0.493 e. The number of hydrogen-bond donors (Lipinski definition) is 3. The van der Waals surface area contributed by atoms with Gasteiger partial charge in [-0.25, -0.2) is 9.97 Å². The van der Waals surface area contributed by atoms with Crippen LogP contribution in [0.3, 0.4) is 0 Å². The monoisotopic (exact) mass is 474 g/mol. The van der Waals surface area contributed by atoms with Gasteiger partial charge in [-0.15, -0.1) is 0 Å². The van der Waals surface area contributed by atoms with Crippen LogP contribution in [0.1, 0.15) is 30.7 Å². The van der Waals surface area contributed by atoms with Crippen LogP contribution >= 0.6 is 23.5 Å². The van der Waals surface area contributed by atoms with E-state index in [0.717, 1.165) is 35.8 Å². The van der Waals surface area contributed by atoms with Crippen LogP contribution in [0.2, 0.25) is 0 Å². The smallest absolute Gasteiger partial charge is 0.191 e. The second kappa shape index (κ2) is 10.5. The zero-order chi connectivity index (χ0) is 22.5. The third-order valence-electron chi connectivity index (χ3n) is 5.42. The summed E-state index contributed by atoms with van der Waals surface area (Å²) in [5, 5.41) is 4.37. The maximum atomic E-state index is 6.08. The molecular weight excluding hydrogens is 444 g/mol. The number of benzene rings is 1. The van der Waals surface area contributed by atoms with Crippen LogP contribution in [0.25, 0.3) is 0 Å². The van der Waals surface area contributed by atoms with Gasteiger partial charge in [0.25, 0.3) is 0 Å². The van der Waals surface area contributed by atoms with Gasteiger partial charge >= 0.3 is 0 Å². The number of hydrogen-bond acceptors (Lipinski definition) is 10. The number of allylic oxidation sites excluding steroid dienone is 1. The molecule has 10 heteroatoms. The standard InChI is InChI=1S/C22H30N6O2S2/c1-3-18-15(13-31-22-26-19(23)12-20(24)27-22)25-21(32-18)14-5-6-16(29-2)17(11-14)30-10-9-28-7-4-8-28/h5-6,11-12,21,25H,3-4,7-10,13H2,1-2H3,(H4,23,24,26,27). The number of ether oxygens (including phenoxy) is 2. The van der Waals surface area contributed by atoms with E-state index in [1.165, 1.54) is 41.9 Å². The normalized spacial score (nSPS) is 18.4. The molecule has 2 aromatic rings. The first-order valence-corrected chi connectivity index (χ1v) is 12.6. The van der Waals surface area contributed by atoms with Gasteiger partial charge in [-0.1, -0.05) is 36.5 Å². The van der Waals surface area contributed by atoms with Gasteiger partial charge in [-0.2, -0.15) is 0 Å². The maximum absolute atomic E-state index is 6.08. The predicted molar refractivity (Wildman–Crippen MR) is 132 cm³/mol. The second-order valence-corrected chi connectivity index (χ2v) is 9.78. The summed E-state index contributed by atoms with van der Waals surface area (Å²) >= 11 is 3.37. The quantitative estimate of drug-likeness (QED) is 0.349. The molecule has 2 aliphatic rings. The predicted octanol–water partition coefficient (Wildman–Crippen LogP) is 3.48. The summed E-state index contributed by atoms with van der Waals surface area (Å²) in [4.78, 5) is 12.2. The van der Waals surface area contributed by atoms with Gasteiger partial charge in [0.1, 0.15) is 23.6 Å². The number of aromatic nitrogens is 2. The Morgan fingerprint density at radius 1 is 1.19 bits per heavy atom. The van der Waals surface area contributed by atoms with Crippen LogP contribution in [-0.2, 0) is 0 Å². The van der Waals surface area contributed by atoms with Crippen molar-refractivity contribution < 1.29 is 9.47 Å². The molecule has 1 aromatic carbocycles. The molecule has 0 aliphatic carbocycles. The highest BCUT2D eigenvalue weighted by Gasteiger charge is 2.26. The minimum atomic E-state index is 0.121. The van der Waals surface area contributed by atoms with Crippen molar-refractivity contribution in [2.75, 3.05) is 50.6 Å². The van der Waals surface area contributed by atoms with E-state index in [9.17, 15) is 0 Å². The van der Waals surface area contributed by atoms with E-state index in [4.69, 9.17) is 20.9 Å². The molecule has 3 heterocycles. The number of methoxy groups -OCH3 is 1. The molecule has 4 rings (SSSR count). The van der Waals surface area contributed by atoms with Crippen molar-refractivity contribution in [3.05, 3.63) is 40.4 Å². The van der Waals surface area contributed by atoms with Gasteiger partial charge in [0.15, 0.2) is 16.7 Å². The van der Waals surface area contributed by atoms with Crippen LogP contribution in [0.4, 0.5) is 11.6 Å². The van der Waals surface area contributed by atoms with Crippen molar-refractivity contribution in [2.45, 2.75) is 30.3 Å². The second-order valence-electron chi connectivity index (χ2n) is 7.64. The summed E-state index contributed by atoms with van der Waals surface area (Å²) in [6.07, 6.45) is 2.24. The van der Waals surface area contributed by atoms with Crippen molar-refractivity contribution in [3.8, 4) is 11.5 Å². The van der Waals surface area contributed by atoms with Crippen molar-refractivity contribution in [3.63, 3.8) is 0 Å². The molecular formula is C22H30N6O2S2. The molecule has 2 aliphatic heterocycles. The van der Waals surface area contributed by atoms with Crippen molar-refractivity contribution in [2.24, 2.45) is 0 Å². The SMILES string of the molecule is CCC1=C(CSc2nc(N)cc(N)n2)NC(c2ccc(OC)c(OCCN3CCC3)c2)S1. The Hall–Kier alpha value is -2.30. The Morgan fingerprint density at radius 3 is 2.62 bits per heavy atom. The summed E-state index contributed by atoms with van der Waals surface area (Å²) in [5.74, 6) is 3.05. The van der Waals surface area contributed by atoms with E-state index in [1.54, 1.807) is 13.2 Å². The Balaban J connectivity index is 1.40. The van der Waals surface area contributed by atoms with Crippen LogP contribution in [0.15, 0.2) is 40.0 Å². The Morgan fingerprint density at radius 2 is 1.97 bits per heavy atom. The molecule has 0 spiro atoms. The molecule has 1 saturated heterocycles.